The summed E-state index contributed by atoms with van der Waals surface area (Å²) >= 11 is 0. The van der Waals surface area contributed by atoms with Crippen LogP contribution in [0.3, 0.4) is 0 Å². The molecule has 0 aliphatic rings. The number of anilines is 1. The van der Waals surface area contributed by atoms with Crippen molar-refractivity contribution in [1.29, 1.82) is 0 Å². The van der Waals surface area contributed by atoms with Crippen LogP contribution in [-0.2, 0) is 14.3 Å². The van der Waals surface area contributed by atoms with Gasteiger partial charge < -0.3 is 14.8 Å². The molecule has 6 nitrogen and oxygen atoms in total. The first-order valence-electron chi connectivity index (χ1n) is 8.04. The highest BCUT2D eigenvalue weighted by Crippen LogP contribution is 2.28. The van der Waals surface area contributed by atoms with E-state index >= 15 is 0 Å². The fourth-order valence-corrected chi connectivity index (χ4v) is 2.05. The maximum Gasteiger partial charge on any atom is 0.250 e. The Kier molecular flexibility index (Phi) is 7.25. The molecule has 0 spiro atoms. The number of hydrogen-bond acceptors (Lipinski definition) is 5. The van der Waals surface area contributed by atoms with Crippen molar-refractivity contribution >= 4 is 23.0 Å². The third kappa shape index (κ3) is 6.45. The van der Waals surface area contributed by atoms with Gasteiger partial charge in [0.15, 0.2) is 0 Å². The predicted octanol–water partition coefficient (Wildman–Crippen LogP) is 4.32. The maximum absolute atomic E-state index is 12.0. The average Bonchev–Trinajstić information content (AvgIpc) is 2.60. The minimum absolute atomic E-state index is 0.0359. The quantitative estimate of drug-likeness (QED) is 0.574. The lowest BCUT2D eigenvalue weighted by Crippen LogP contribution is -2.19. The molecular weight excluding hydrogens is 318 g/mol. The number of ether oxygens (including phenoxy) is 2. The normalized spacial score (nSPS) is 11.0. The monoisotopic (exact) mass is 341 g/mol. The summed E-state index contributed by atoms with van der Waals surface area (Å²) in [4.78, 5) is 12.0. The first-order chi connectivity index (χ1) is 12.1. The maximum atomic E-state index is 12.0. The number of aryl methyl sites for hydroxylation is 2. The number of benzene rings is 2. The number of azo groups is 1. The fourth-order valence-electron chi connectivity index (χ4n) is 2.05. The predicted molar refractivity (Wildman–Crippen MR) is 97.9 cm³/mol. The van der Waals surface area contributed by atoms with Crippen molar-refractivity contribution in [1.82, 2.24) is 0 Å². The van der Waals surface area contributed by atoms with Crippen molar-refractivity contribution in [2.75, 3.05) is 32.2 Å². The molecule has 0 saturated carbocycles. The second-order valence-corrected chi connectivity index (χ2v) is 5.65. The van der Waals surface area contributed by atoms with Crippen LogP contribution in [0, 0.1) is 13.8 Å². The first kappa shape index (κ1) is 18.8. The van der Waals surface area contributed by atoms with Gasteiger partial charge in [-0.3, -0.25) is 4.79 Å². The minimum Gasteiger partial charge on any atom is -0.382 e. The minimum atomic E-state index is -0.244. The van der Waals surface area contributed by atoms with E-state index in [1.54, 1.807) is 7.11 Å². The van der Waals surface area contributed by atoms with Gasteiger partial charge in [0.25, 0.3) is 0 Å². The van der Waals surface area contributed by atoms with Gasteiger partial charge in [0.2, 0.25) is 5.91 Å². The second-order valence-electron chi connectivity index (χ2n) is 5.65. The Morgan fingerprint density at radius 1 is 1.00 bits per heavy atom. The van der Waals surface area contributed by atoms with Gasteiger partial charge in [-0.2, -0.15) is 5.11 Å². The highest BCUT2D eigenvalue weighted by atomic mass is 16.5. The molecule has 25 heavy (non-hydrogen) atoms. The van der Waals surface area contributed by atoms with Crippen LogP contribution in [0.2, 0.25) is 0 Å². The third-order valence-electron chi connectivity index (χ3n) is 3.40. The summed E-state index contributed by atoms with van der Waals surface area (Å²) < 4.78 is 10.1. The number of nitrogens with one attached hydrogen (secondary N) is 1. The Labute approximate surface area is 147 Å². The molecule has 2 aromatic carbocycles. The van der Waals surface area contributed by atoms with E-state index in [0.29, 0.717) is 24.6 Å². The van der Waals surface area contributed by atoms with Gasteiger partial charge in [0.1, 0.15) is 12.3 Å². The summed E-state index contributed by atoms with van der Waals surface area (Å²) in [6.45, 7) is 4.77. The molecule has 0 fully saturated rings. The van der Waals surface area contributed by atoms with Crippen molar-refractivity contribution in [2.24, 2.45) is 10.2 Å². The summed E-state index contributed by atoms with van der Waals surface area (Å²) in [5, 5.41) is 11.3. The number of carbonyl (C=O) groups is 1. The van der Waals surface area contributed by atoms with E-state index in [1.165, 1.54) is 0 Å². The average molecular weight is 341 g/mol. The fraction of sp³-hybridized carbons (Fsp3) is 0.316. The molecule has 6 heteroatoms. The van der Waals surface area contributed by atoms with Crippen LogP contribution < -0.4 is 5.32 Å². The molecule has 0 aromatic heterocycles. The molecular formula is C19H23N3O3. The molecule has 0 aliphatic carbocycles. The lowest BCUT2D eigenvalue weighted by molar-refractivity contribution is -0.121. The van der Waals surface area contributed by atoms with Crippen LogP contribution in [0.5, 0.6) is 0 Å². The zero-order valence-corrected chi connectivity index (χ0v) is 14.8. The van der Waals surface area contributed by atoms with E-state index < -0.39 is 0 Å². The molecule has 0 radical (unpaired) electrons. The largest absolute Gasteiger partial charge is 0.382 e. The van der Waals surface area contributed by atoms with Crippen LogP contribution in [-0.4, -0.2) is 32.8 Å². The van der Waals surface area contributed by atoms with Gasteiger partial charge in [0, 0.05) is 7.11 Å². The Morgan fingerprint density at radius 3 is 2.44 bits per heavy atom. The number of methoxy groups -OCH3 is 1. The smallest absolute Gasteiger partial charge is 0.250 e. The van der Waals surface area contributed by atoms with Crippen LogP contribution in [0.1, 0.15) is 11.1 Å². The number of carbonyl (C=O) groups excluding carboxylic acids is 1. The van der Waals surface area contributed by atoms with Gasteiger partial charge in [-0.15, -0.1) is 5.11 Å². The number of nitrogens with zero attached hydrogens (tertiary/aromatic N) is 2. The van der Waals surface area contributed by atoms with E-state index in [4.69, 9.17) is 9.47 Å². The molecule has 0 unspecified atom stereocenters. The van der Waals surface area contributed by atoms with E-state index in [-0.39, 0.29) is 12.5 Å². The Balaban J connectivity index is 2.06. The summed E-state index contributed by atoms with van der Waals surface area (Å²) in [6, 6.07) is 13.3. The Morgan fingerprint density at radius 2 is 1.72 bits per heavy atom. The van der Waals surface area contributed by atoms with Crippen molar-refractivity contribution in [3.63, 3.8) is 0 Å². The molecule has 0 atom stereocenters. The van der Waals surface area contributed by atoms with E-state index in [9.17, 15) is 4.79 Å². The number of amides is 1. The van der Waals surface area contributed by atoms with Crippen LogP contribution >= 0.6 is 0 Å². The number of rotatable bonds is 8. The first-order valence-corrected chi connectivity index (χ1v) is 8.04. The molecule has 2 rings (SSSR count). The van der Waals surface area contributed by atoms with Crippen molar-refractivity contribution in [3.8, 4) is 0 Å². The van der Waals surface area contributed by atoms with E-state index in [1.807, 2.05) is 56.3 Å². The van der Waals surface area contributed by atoms with Gasteiger partial charge in [-0.1, -0.05) is 23.8 Å². The summed E-state index contributed by atoms with van der Waals surface area (Å²) in [5.41, 5.74) is 4.16. The van der Waals surface area contributed by atoms with Crippen LogP contribution in [0.25, 0.3) is 0 Å². The highest BCUT2D eigenvalue weighted by molar-refractivity contribution is 5.94. The molecule has 0 aliphatic heterocycles. The zero-order chi connectivity index (χ0) is 18.1. The Bertz CT molecular complexity index is 727. The van der Waals surface area contributed by atoms with Crippen molar-refractivity contribution in [3.05, 3.63) is 53.6 Å². The van der Waals surface area contributed by atoms with Gasteiger partial charge in [-0.05, 0) is 43.7 Å². The second kappa shape index (κ2) is 9.66. The molecule has 1 amide bonds. The van der Waals surface area contributed by atoms with Crippen molar-refractivity contribution < 1.29 is 14.3 Å². The highest BCUT2D eigenvalue weighted by Gasteiger charge is 2.07. The number of hydrogen-bond donors (Lipinski definition) is 1. The van der Waals surface area contributed by atoms with Gasteiger partial charge >= 0.3 is 0 Å². The van der Waals surface area contributed by atoms with Gasteiger partial charge in [-0.25, -0.2) is 0 Å². The van der Waals surface area contributed by atoms with Crippen molar-refractivity contribution in [2.45, 2.75) is 13.8 Å². The summed E-state index contributed by atoms with van der Waals surface area (Å²) in [6.07, 6.45) is 0. The third-order valence-corrected chi connectivity index (χ3v) is 3.40. The lowest BCUT2D eigenvalue weighted by atomic mass is 10.2. The molecule has 0 bridgehead atoms. The van der Waals surface area contributed by atoms with Crippen LogP contribution in [0.15, 0.2) is 52.7 Å². The Hall–Kier alpha value is -2.57. The van der Waals surface area contributed by atoms with Gasteiger partial charge in [0.05, 0.1) is 24.6 Å². The molecule has 132 valence electrons. The standard InChI is InChI=1S/C19H23N3O3/c1-14-4-7-16(8-5-14)21-22-18-12-15(2)6-9-17(18)20-19(23)13-25-11-10-24-3/h4-9,12H,10-11,13H2,1-3H3,(H,20,23). The zero-order valence-electron chi connectivity index (χ0n) is 14.8. The molecule has 1 N–H and O–H groups in total. The molecule has 0 heterocycles. The topological polar surface area (TPSA) is 72.3 Å². The summed E-state index contributed by atoms with van der Waals surface area (Å²) in [7, 11) is 1.58. The van der Waals surface area contributed by atoms with Crippen LogP contribution in [0.4, 0.5) is 17.1 Å². The lowest BCUT2D eigenvalue weighted by Gasteiger charge is -2.09. The summed E-state index contributed by atoms with van der Waals surface area (Å²) in [5.74, 6) is -0.244. The van der Waals surface area contributed by atoms with E-state index in [0.717, 1.165) is 16.8 Å². The SMILES string of the molecule is COCCOCC(=O)Nc1ccc(C)cc1N=Nc1ccc(C)cc1. The molecule has 0 saturated heterocycles. The van der Waals surface area contributed by atoms with E-state index in [2.05, 4.69) is 15.5 Å². The molecule has 2 aromatic rings.